The van der Waals surface area contributed by atoms with Gasteiger partial charge < -0.3 is 0 Å². The zero-order valence-corrected chi connectivity index (χ0v) is 9.10. The summed E-state index contributed by atoms with van der Waals surface area (Å²) in [6.45, 7) is 13.5. The van der Waals surface area contributed by atoms with E-state index in [1.165, 1.54) is 16.9 Å². The maximum atomic E-state index is 2.49. The SMILES string of the molecule is CC1=C(C)C(C)[N+](C(C)C)=C1C. The first-order valence-corrected chi connectivity index (χ1v) is 4.76. The average molecular weight is 166 g/mol. The van der Waals surface area contributed by atoms with Crippen molar-refractivity contribution in [2.45, 2.75) is 53.6 Å². The topological polar surface area (TPSA) is 3.01 Å². The second-order valence-corrected chi connectivity index (χ2v) is 4.07. The molecular formula is C11H20N+. The molecule has 0 N–H and O–H groups in total. The molecule has 1 nitrogen and oxygen atoms in total. The summed E-state index contributed by atoms with van der Waals surface area (Å²) >= 11 is 0. The fourth-order valence-electron chi connectivity index (χ4n) is 2.13. The molecule has 1 atom stereocenters. The molecule has 0 aliphatic carbocycles. The van der Waals surface area contributed by atoms with Crippen molar-refractivity contribution in [3.05, 3.63) is 11.1 Å². The molecule has 0 spiro atoms. The molecule has 0 radical (unpaired) electrons. The summed E-state index contributed by atoms with van der Waals surface area (Å²) in [4.78, 5) is 0. The number of nitrogens with zero attached hydrogens (tertiary/aromatic N) is 1. The number of rotatable bonds is 1. The van der Waals surface area contributed by atoms with Gasteiger partial charge in [-0.1, -0.05) is 0 Å². The predicted molar refractivity (Wildman–Crippen MR) is 53.9 cm³/mol. The Morgan fingerprint density at radius 2 is 1.67 bits per heavy atom. The van der Waals surface area contributed by atoms with Crippen molar-refractivity contribution < 1.29 is 4.58 Å². The molecule has 1 rings (SSSR count). The molecule has 1 unspecified atom stereocenters. The van der Waals surface area contributed by atoms with Crippen LogP contribution in [0.25, 0.3) is 0 Å². The van der Waals surface area contributed by atoms with Crippen LogP contribution in [0.5, 0.6) is 0 Å². The first-order valence-electron chi connectivity index (χ1n) is 4.76. The molecule has 0 aromatic rings. The fraction of sp³-hybridized carbons (Fsp3) is 0.727. The summed E-state index contributed by atoms with van der Waals surface area (Å²) in [7, 11) is 0. The van der Waals surface area contributed by atoms with Gasteiger partial charge >= 0.3 is 0 Å². The Labute approximate surface area is 75.8 Å². The highest BCUT2D eigenvalue weighted by Crippen LogP contribution is 2.21. The lowest BCUT2D eigenvalue weighted by atomic mass is 10.1. The van der Waals surface area contributed by atoms with Gasteiger partial charge in [-0.2, -0.15) is 0 Å². The zero-order valence-electron chi connectivity index (χ0n) is 9.10. The van der Waals surface area contributed by atoms with Gasteiger partial charge in [0, 0.05) is 25.0 Å². The van der Waals surface area contributed by atoms with Gasteiger partial charge in [0.05, 0.1) is 0 Å². The molecule has 1 aliphatic rings. The van der Waals surface area contributed by atoms with Crippen molar-refractivity contribution in [3.63, 3.8) is 0 Å². The van der Waals surface area contributed by atoms with Gasteiger partial charge in [-0.3, -0.25) is 0 Å². The monoisotopic (exact) mass is 166 g/mol. The van der Waals surface area contributed by atoms with Crippen molar-refractivity contribution in [2.75, 3.05) is 0 Å². The quantitative estimate of drug-likeness (QED) is 0.527. The molecule has 0 amide bonds. The normalized spacial score (nSPS) is 24.8. The van der Waals surface area contributed by atoms with E-state index >= 15 is 0 Å². The van der Waals surface area contributed by atoms with E-state index in [1.54, 1.807) is 0 Å². The van der Waals surface area contributed by atoms with Gasteiger partial charge in [0.15, 0.2) is 11.8 Å². The van der Waals surface area contributed by atoms with Crippen LogP contribution in [0.4, 0.5) is 0 Å². The summed E-state index contributed by atoms with van der Waals surface area (Å²) in [5.41, 5.74) is 4.47. The average Bonchev–Trinajstić information content (AvgIpc) is 2.16. The smallest absolute Gasteiger partial charge is 0.176 e. The lowest BCUT2D eigenvalue weighted by molar-refractivity contribution is -0.578. The second kappa shape index (κ2) is 3.04. The van der Waals surface area contributed by atoms with E-state index in [9.17, 15) is 0 Å². The Balaban J connectivity index is 3.09. The molecule has 0 aromatic carbocycles. The molecule has 1 heterocycles. The minimum Gasteiger partial charge on any atom is -0.225 e. The first-order chi connectivity index (χ1) is 5.46. The minimum absolute atomic E-state index is 0.602. The number of hydrogen-bond acceptors (Lipinski definition) is 0. The molecule has 68 valence electrons. The lowest BCUT2D eigenvalue weighted by Crippen LogP contribution is -2.30. The predicted octanol–water partition coefficient (Wildman–Crippen LogP) is 2.61. The van der Waals surface area contributed by atoms with Crippen molar-refractivity contribution in [1.29, 1.82) is 0 Å². The molecule has 0 saturated carbocycles. The summed E-state index contributed by atoms with van der Waals surface area (Å²) in [5.74, 6) is 0. The van der Waals surface area contributed by atoms with Crippen LogP contribution in [-0.4, -0.2) is 22.4 Å². The van der Waals surface area contributed by atoms with Crippen LogP contribution in [0.2, 0.25) is 0 Å². The zero-order chi connectivity index (χ0) is 9.46. The summed E-state index contributed by atoms with van der Waals surface area (Å²) < 4.78 is 2.49. The highest BCUT2D eigenvalue weighted by Gasteiger charge is 2.32. The molecule has 1 aliphatic heterocycles. The van der Waals surface area contributed by atoms with Crippen molar-refractivity contribution in [3.8, 4) is 0 Å². The Hall–Kier alpha value is -0.590. The third-order valence-corrected chi connectivity index (χ3v) is 3.12. The van der Waals surface area contributed by atoms with E-state index in [2.05, 4.69) is 46.1 Å². The molecule has 0 bridgehead atoms. The van der Waals surface area contributed by atoms with Gasteiger partial charge in [0.2, 0.25) is 0 Å². The largest absolute Gasteiger partial charge is 0.225 e. The highest BCUT2D eigenvalue weighted by atomic mass is 15.1. The van der Waals surface area contributed by atoms with E-state index in [1.807, 2.05) is 0 Å². The Morgan fingerprint density at radius 1 is 1.17 bits per heavy atom. The summed E-state index contributed by atoms with van der Waals surface area (Å²) in [6, 6.07) is 1.22. The van der Waals surface area contributed by atoms with Crippen LogP contribution < -0.4 is 0 Å². The number of allylic oxidation sites excluding steroid dienone is 1. The molecule has 12 heavy (non-hydrogen) atoms. The molecular weight excluding hydrogens is 146 g/mol. The van der Waals surface area contributed by atoms with Crippen LogP contribution in [0.3, 0.4) is 0 Å². The lowest BCUT2D eigenvalue weighted by Gasteiger charge is -2.11. The molecule has 0 aromatic heterocycles. The van der Waals surface area contributed by atoms with Crippen LogP contribution in [0, 0.1) is 0 Å². The van der Waals surface area contributed by atoms with Gasteiger partial charge in [0.25, 0.3) is 0 Å². The fourth-order valence-corrected chi connectivity index (χ4v) is 2.13. The Morgan fingerprint density at radius 3 is 1.83 bits per heavy atom. The first kappa shape index (κ1) is 9.50. The van der Waals surface area contributed by atoms with Crippen molar-refractivity contribution >= 4 is 5.71 Å². The second-order valence-electron chi connectivity index (χ2n) is 4.07. The van der Waals surface area contributed by atoms with Crippen LogP contribution in [0.15, 0.2) is 11.1 Å². The van der Waals surface area contributed by atoms with Crippen molar-refractivity contribution in [2.24, 2.45) is 0 Å². The maximum absolute atomic E-state index is 2.49. The van der Waals surface area contributed by atoms with E-state index in [0.29, 0.717) is 12.1 Å². The minimum atomic E-state index is 0.602. The van der Waals surface area contributed by atoms with E-state index < -0.39 is 0 Å². The molecule has 0 fully saturated rings. The third kappa shape index (κ3) is 1.21. The van der Waals surface area contributed by atoms with Crippen LogP contribution in [0.1, 0.15) is 41.5 Å². The molecule has 0 saturated heterocycles. The van der Waals surface area contributed by atoms with Gasteiger partial charge in [-0.15, -0.1) is 0 Å². The van der Waals surface area contributed by atoms with Crippen LogP contribution >= 0.6 is 0 Å². The van der Waals surface area contributed by atoms with Gasteiger partial charge in [-0.05, 0) is 27.7 Å². The highest BCUT2D eigenvalue weighted by molar-refractivity contribution is 5.96. The van der Waals surface area contributed by atoms with Crippen LogP contribution in [-0.2, 0) is 0 Å². The number of hydrogen-bond donors (Lipinski definition) is 0. The Bertz CT molecular complexity index is 256. The summed E-state index contributed by atoms with van der Waals surface area (Å²) in [6.07, 6.45) is 0. The van der Waals surface area contributed by atoms with Crippen molar-refractivity contribution in [1.82, 2.24) is 0 Å². The third-order valence-electron chi connectivity index (χ3n) is 3.12. The maximum Gasteiger partial charge on any atom is 0.176 e. The van der Waals surface area contributed by atoms with E-state index in [4.69, 9.17) is 0 Å². The van der Waals surface area contributed by atoms with Gasteiger partial charge in [-0.25, -0.2) is 4.58 Å². The standard InChI is InChI=1S/C11H20N/c1-7(2)12-10(5)8(3)9(4)11(12)6/h7,10H,1-6H3/q+1. The van der Waals surface area contributed by atoms with E-state index in [0.717, 1.165) is 0 Å². The molecule has 1 heteroatoms. The van der Waals surface area contributed by atoms with E-state index in [-0.39, 0.29) is 0 Å². The Kier molecular flexibility index (Phi) is 2.41. The summed E-state index contributed by atoms with van der Waals surface area (Å²) in [5, 5.41) is 0. The van der Waals surface area contributed by atoms with Gasteiger partial charge in [0.1, 0.15) is 6.04 Å².